The zero-order valence-electron chi connectivity index (χ0n) is 11.0. The molecule has 0 bridgehead atoms. The Labute approximate surface area is 119 Å². The summed E-state index contributed by atoms with van der Waals surface area (Å²) in [5.74, 6) is -1.50. The molecular formula is C13H11FN4O3. The van der Waals surface area contributed by atoms with E-state index in [1.807, 2.05) is 0 Å². The highest BCUT2D eigenvalue weighted by Crippen LogP contribution is 2.24. The molecule has 2 aromatic rings. The van der Waals surface area contributed by atoms with E-state index in [0.29, 0.717) is 5.69 Å². The highest BCUT2D eigenvalue weighted by molar-refractivity contribution is 6.07. The van der Waals surface area contributed by atoms with Gasteiger partial charge in [-0.05, 0) is 18.2 Å². The number of anilines is 2. The van der Waals surface area contributed by atoms with E-state index >= 15 is 0 Å². The van der Waals surface area contributed by atoms with Crippen LogP contribution in [0.4, 0.5) is 21.5 Å². The molecule has 108 valence electrons. The highest BCUT2D eigenvalue weighted by atomic mass is 19.1. The SMILES string of the molecule is CNc1ccc([N+](=O)[O-])c(C(=O)Nc2ccncc2F)c1. The number of pyridine rings is 1. The Morgan fingerprint density at radius 2 is 2.14 bits per heavy atom. The minimum Gasteiger partial charge on any atom is -0.388 e. The predicted octanol–water partition coefficient (Wildman–Crippen LogP) is 2.42. The third-order valence-electron chi connectivity index (χ3n) is 2.75. The van der Waals surface area contributed by atoms with E-state index in [0.717, 1.165) is 6.20 Å². The van der Waals surface area contributed by atoms with Crippen LogP contribution < -0.4 is 10.6 Å². The third-order valence-corrected chi connectivity index (χ3v) is 2.75. The largest absolute Gasteiger partial charge is 0.388 e. The number of nitro benzene ring substituents is 1. The van der Waals surface area contributed by atoms with E-state index in [-0.39, 0.29) is 16.9 Å². The number of carbonyl (C=O) groups excluding carboxylic acids is 1. The predicted molar refractivity (Wildman–Crippen MR) is 74.8 cm³/mol. The average Bonchev–Trinajstić information content (AvgIpc) is 2.48. The normalized spacial score (nSPS) is 10.0. The first kappa shape index (κ1) is 14.4. The van der Waals surface area contributed by atoms with E-state index < -0.39 is 16.6 Å². The zero-order valence-corrected chi connectivity index (χ0v) is 11.0. The molecule has 0 fully saturated rings. The Morgan fingerprint density at radius 1 is 1.38 bits per heavy atom. The lowest BCUT2D eigenvalue weighted by molar-refractivity contribution is -0.385. The second-order valence-electron chi connectivity index (χ2n) is 4.05. The molecule has 2 N–H and O–H groups in total. The lowest BCUT2D eigenvalue weighted by Crippen LogP contribution is -2.15. The van der Waals surface area contributed by atoms with Crippen LogP contribution in [0.5, 0.6) is 0 Å². The van der Waals surface area contributed by atoms with Crippen molar-refractivity contribution in [2.75, 3.05) is 17.7 Å². The molecule has 0 unspecified atom stereocenters. The number of amides is 1. The number of rotatable bonds is 4. The molecule has 8 heteroatoms. The van der Waals surface area contributed by atoms with Crippen LogP contribution in [0.15, 0.2) is 36.7 Å². The van der Waals surface area contributed by atoms with Gasteiger partial charge in [0.2, 0.25) is 0 Å². The average molecular weight is 290 g/mol. The van der Waals surface area contributed by atoms with Gasteiger partial charge in [-0.2, -0.15) is 0 Å². The van der Waals surface area contributed by atoms with Gasteiger partial charge in [-0.3, -0.25) is 19.9 Å². The van der Waals surface area contributed by atoms with Crippen molar-refractivity contribution in [2.45, 2.75) is 0 Å². The summed E-state index contributed by atoms with van der Waals surface area (Å²) in [5.41, 5.74) is -0.0934. The Bertz CT molecular complexity index is 706. The summed E-state index contributed by atoms with van der Waals surface area (Å²) in [7, 11) is 1.62. The van der Waals surface area contributed by atoms with Gasteiger partial charge >= 0.3 is 0 Å². The smallest absolute Gasteiger partial charge is 0.282 e. The van der Waals surface area contributed by atoms with Gasteiger partial charge in [0.1, 0.15) is 5.56 Å². The van der Waals surface area contributed by atoms with Crippen LogP contribution >= 0.6 is 0 Å². The molecule has 0 atom stereocenters. The number of halogens is 1. The molecule has 1 heterocycles. The Hall–Kier alpha value is -3.03. The maximum atomic E-state index is 13.4. The van der Waals surface area contributed by atoms with Gasteiger partial charge in [-0.15, -0.1) is 0 Å². The lowest BCUT2D eigenvalue weighted by Gasteiger charge is -2.08. The molecule has 1 aromatic carbocycles. The van der Waals surface area contributed by atoms with Gasteiger partial charge in [0.25, 0.3) is 11.6 Å². The van der Waals surface area contributed by atoms with E-state index in [1.165, 1.54) is 30.5 Å². The Balaban J connectivity index is 2.38. The maximum absolute atomic E-state index is 13.4. The molecule has 7 nitrogen and oxygen atoms in total. The van der Waals surface area contributed by atoms with Crippen molar-refractivity contribution in [3.8, 4) is 0 Å². The molecule has 1 amide bonds. The summed E-state index contributed by atoms with van der Waals surface area (Å²) in [6, 6.07) is 5.28. The minimum atomic E-state index is -0.774. The topological polar surface area (TPSA) is 97.2 Å². The number of benzene rings is 1. The number of hydrogen-bond donors (Lipinski definition) is 2. The molecule has 21 heavy (non-hydrogen) atoms. The van der Waals surface area contributed by atoms with Crippen LogP contribution in [0.25, 0.3) is 0 Å². The fourth-order valence-electron chi connectivity index (χ4n) is 1.70. The maximum Gasteiger partial charge on any atom is 0.282 e. The highest BCUT2D eigenvalue weighted by Gasteiger charge is 2.21. The molecule has 0 aliphatic carbocycles. The van der Waals surface area contributed by atoms with E-state index in [1.54, 1.807) is 7.05 Å². The minimum absolute atomic E-state index is 0.0980. The van der Waals surface area contributed by atoms with Crippen molar-refractivity contribution >= 4 is 23.0 Å². The Morgan fingerprint density at radius 3 is 2.76 bits per heavy atom. The number of carbonyl (C=O) groups is 1. The van der Waals surface area contributed by atoms with Crippen molar-refractivity contribution in [3.63, 3.8) is 0 Å². The van der Waals surface area contributed by atoms with Gasteiger partial charge in [0.15, 0.2) is 5.82 Å². The molecule has 2 rings (SSSR count). The summed E-state index contributed by atoms with van der Waals surface area (Å²) in [6.07, 6.45) is 2.24. The molecule has 0 saturated carbocycles. The van der Waals surface area contributed by atoms with Gasteiger partial charge in [-0.1, -0.05) is 0 Å². The van der Waals surface area contributed by atoms with Gasteiger partial charge in [-0.25, -0.2) is 4.39 Å². The third kappa shape index (κ3) is 3.11. The standard InChI is InChI=1S/C13H11FN4O3/c1-15-8-2-3-12(18(20)21)9(6-8)13(19)17-11-4-5-16-7-10(11)14/h2-7,15H,1H3,(H,16,17,19). The van der Waals surface area contributed by atoms with Crippen molar-refractivity contribution in [1.29, 1.82) is 0 Å². The van der Waals surface area contributed by atoms with Gasteiger partial charge < -0.3 is 10.6 Å². The molecule has 0 radical (unpaired) electrons. The number of nitrogens with zero attached hydrogens (tertiary/aromatic N) is 2. The van der Waals surface area contributed by atoms with E-state index in [2.05, 4.69) is 15.6 Å². The molecule has 1 aromatic heterocycles. The summed E-state index contributed by atoms with van der Waals surface area (Å²) in [4.78, 5) is 26.0. The van der Waals surface area contributed by atoms with Crippen LogP contribution in [0.3, 0.4) is 0 Å². The van der Waals surface area contributed by atoms with Crippen molar-refractivity contribution in [1.82, 2.24) is 4.98 Å². The second-order valence-corrected chi connectivity index (χ2v) is 4.05. The first-order valence-electron chi connectivity index (χ1n) is 5.90. The molecule has 0 aliphatic rings. The molecule has 0 saturated heterocycles. The van der Waals surface area contributed by atoms with Crippen LogP contribution in [0.2, 0.25) is 0 Å². The van der Waals surface area contributed by atoms with Crippen LogP contribution in [0, 0.1) is 15.9 Å². The van der Waals surface area contributed by atoms with Gasteiger partial charge in [0.05, 0.1) is 16.8 Å². The number of nitrogens with one attached hydrogen (secondary N) is 2. The molecule has 0 aliphatic heterocycles. The number of hydrogen-bond acceptors (Lipinski definition) is 5. The van der Waals surface area contributed by atoms with Crippen LogP contribution in [-0.2, 0) is 0 Å². The van der Waals surface area contributed by atoms with Gasteiger partial charge in [0, 0.05) is 25.0 Å². The summed E-state index contributed by atoms with van der Waals surface area (Å²) >= 11 is 0. The second kappa shape index (κ2) is 5.95. The first-order chi connectivity index (χ1) is 10.0. The van der Waals surface area contributed by atoms with E-state index in [4.69, 9.17) is 0 Å². The van der Waals surface area contributed by atoms with Crippen LogP contribution in [0.1, 0.15) is 10.4 Å². The quantitative estimate of drug-likeness (QED) is 0.665. The van der Waals surface area contributed by atoms with Crippen molar-refractivity contribution in [2.24, 2.45) is 0 Å². The van der Waals surface area contributed by atoms with E-state index in [9.17, 15) is 19.3 Å². The monoisotopic (exact) mass is 290 g/mol. The number of nitro groups is 1. The lowest BCUT2D eigenvalue weighted by atomic mass is 10.1. The van der Waals surface area contributed by atoms with Crippen LogP contribution in [-0.4, -0.2) is 22.9 Å². The number of aromatic nitrogens is 1. The summed E-state index contributed by atoms with van der Waals surface area (Å²) < 4.78 is 13.4. The Kier molecular flexibility index (Phi) is 4.07. The molecular weight excluding hydrogens is 279 g/mol. The summed E-state index contributed by atoms with van der Waals surface area (Å²) in [5, 5.41) is 16.0. The first-order valence-corrected chi connectivity index (χ1v) is 5.90. The van der Waals surface area contributed by atoms with Crippen molar-refractivity contribution in [3.05, 3.63) is 58.2 Å². The fraction of sp³-hybridized carbons (Fsp3) is 0.0769. The summed E-state index contributed by atoms with van der Waals surface area (Å²) in [6.45, 7) is 0. The van der Waals surface area contributed by atoms with Crippen molar-refractivity contribution < 1.29 is 14.1 Å². The fourth-order valence-corrected chi connectivity index (χ4v) is 1.70. The molecule has 0 spiro atoms. The zero-order chi connectivity index (χ0) is 15.4.